The van der Waals surface area contributed by atoms with E-state index in [4.69, 9.17) is 14.7 Å². The number of nitrogens with zero attached hydrogens (tertiary/aromatic N) is 2. The van der Waals surface area contributed by atoms with Gasteiger partial charge in [-0.2, -0.15) is 5.26 Å². The predicted molar refractivity (Wildman–Crippen MR) is 87.7 cm³/mol. The molecule has 0 unspecified atom stereocenters. The van der Waals surface area contributed by atoms with E-state index in [1.54, 1.807) is 18.3 Å². The molecule has 2 aromatic rings. The van der Waals surface area contributed by atoms with E-state index in [9.17, 15) is 0 Å². The number of ether oxygens (including phenoxy) is 2. The first-order valence-electron chi connectivity index (χ1n) is 7.77. The van der Waals surface area contributed by atoms with E-state index in [-0.39, 0.29) is 0 Å². The van der Waals surface area contributed by atoms with Crippen molar-refractivity contribution in [2.75, 3.05) is 25.1 Å². The summed E-state index contributed by atoms with van der Waals surface area (Å²) in [7, 11) is 0. The van der Waals surface area contributed by atoms with Crippen molar-refractivity contribution < 1.29 is 9.47 Å². The monoisotopic (exact) mass is 309 g/mol. The van der Waals surface area contributed by atoms with Crippen LogP contribution in [0.3, 0.4) is 0 Å². The summed E-state index contributed by atoms with van der Waals surface area (Å²) in [5.41, 5.74) is 1.48. The Bertz CT molecular complexity index is 656. The Morgan fingerprint density at radius 1 is 1.17 bits per heavy atom. The Morgan fingerprint density at radius 2 is 1.96 bits per heavy atom. The Labute approximate surface area is 135 Å². The largest absolute Gasteiger partial charge is 0.493 e. The van der Waals surface area contributed by atoms with E-state index >= 15 is 0 Å². The van der Waals surface area contributed by atoms with Crippen LogP contribution < -0.4 is 10.1 Å². The summed E-state index contributed by atoms with van der Waals surface area (Å²) in [5, 5.41) is 12.0. The lowest BCUT2D eigenvalue weighted by atomic mass is 10.0. The fourth-order valence-electron chi connectivity index (χ4n) is 2.44. The van der Waals surface area contributed by atoms with Crippen molar-refractivity contribution in [1.29, 1.82) is 5.26 Å². The summed E-state index contributed by atoms with van der Waals surface area (Å²) in [6, 6.07) is 13.4. The number of anilines is 2. The third-order valence-corrected chi connectivity index (χ3v) is 3.85. The highest BCUT2D eigenvalue weighted by Gasteiger charge is 2.14. The van der Waals surface area contributed by atoms with Gasteiger partial charge in [-0.25, -0.2) is 4.98 Å². The van der Waals surface area contributed by atoms with Crippen LogP contribution in [-0.4, -0.2) is 24.8 Å². The van der Waals surface area contributed by atoms with Gasteiger partial charge in [0.15, 0.2) is 0 Å². The van der Waals surface area contributed by atoms with E-state index in [2.05, 4.69) is 16.4 Å². The molecule has 1 aromatic heterocycles. The molecule has 1 aliphatic rings. The Balaban J connectivity index is 1.52. The van der Waals surface area contributed by atoms with Crippen LogP contribution in [0, 0.1) is 17.2 Å². The van der Waals surface area contributed by atoms with E-state index < -0.39 is 0 Å². The molecule has 3 rings (SSSR count). The number of hydrogen-bond donors (Lipinski definition) is 1. The molecule has 0 radical (unpaired) electrons. The van der Waals surface area contributed by atoms with Crippen LogP contribution in [-0.2, 0) is 4.74 Å². The highest BCUT2D eigenvalue weighted by molar-refractivity contribution is 5.57. The summed E-state index contributed by atoms with van der Waals surface area (Å²) >= 11 is 0. The first kappa shape index (κ1) is 15.3. The summed E-state index contributed by atoms with van der Waals surface area (Å²) in [4.78, 5) is 4.19. The van der Waals surface area contributed by atoms with E-state index in [1.165, 1.54) is 0 Å². The lowest BCUT2D eigenvalue weighted by Crippen LogP contribution is -2.21. The fraction of sp³-hybridized carbons (Fsp3) is 0.333. The third kappa shape index (κ3) is 4.44. The van der Waals surface area contributed by atoms with Crippen LogP contribution in [0.25, 0.3) is 0 Å². The van der Waals surface area contributed by atoms with Crippen molar-refractivity contribution in [3.05, 3.63) is 48.2 Å². The van der Waals surface area contributed by atoms with Crippen molar-refractivity contribution in [2.45, 2.75) is 12.8 Å². The molecule has 2 heterocycles. The Kier molecular flexibility index (Phi) is 5.07. The van der Waals surface area contributed by atoms with Crippen LogP contribution in [0.4, 0.5) is 11.5 Å². The van der Waals surface area contributed by atoms with Crippen LogP contribution in [0.15, 0.2) is 42.6 Å². The molecule has 118 valence electrons. The molecular formula is C18H19N3O2. The van der Waals surface area contributed by atoms with Crippen LogP contribution in [0.1, 0.15) is 18.4 Å². The minimum absolute atomic E-state index is 0.549. The number of pyridine rings is 1. The number of nitrogens with one attached hydrogen (secondary N) is 1. The smallest absolute Gasteiger partial charge is 0.130 e. The minimum Gasteiger partial charge on any atom is -0.493 e. The molecule has 5 heteroatoms. The summed E-state index contributed by atoms with van der Waals surface area (Å²) in [6.07, 6.45) is 3.70. The molecule has 0 atom stereocenters. The maximum Gasteiger partial charge on any atom is 0.130 e. The van der Waals surface area contributed by atoms with Gasteiger partial charge in [0, 0.05) is 25.1 Å². The zero-order valence-corrected chi connectivity index (χ0v) is 12.9. The van der Waals surface area contributed by atoms with Crippen molar-refractivity contribution in [1.82, 2.24) is 4.98 Å². The molecule has 1 aliphatic heterocycles. The van der Waals surface area contributed by atoms with Gasteiger partial charge in [-0.1, -0.05) is 0 Å². The molecule has 1 aromatic carbocycles. The number of aromatic nitrogens is 1. The zero-order chi connectivity index (χ0) is 15.9. The average molecular weight is 309 g/mol. The first-order valence-corrected chi connectivity index (χ1v) is 7.77. The van der Waals surface area contributed by atoms with Gasteiger partial charge in [-0.15, -0.1) is 0 Å². The van der Waals surface area contributed by atoms with Crippen LogP contribution >= 0.6 is 0 Å². The standard InChI is InChI=1S/C18H19N3O2/c19-11-15-1-6-18(20-12-15)21-16-2-4-17(5-3-16)23-13-14-7-9-22-10-8-14/h1-6,12,14H,7-10,13H2,(H,20,21). The molecular weight excluding hydrogens is 290 g/mol. The van der Waals surface area contributed by atoms with Gasteiger partial charge in [-0.3, -0.25) is 0 Å². The summed E-state index contributed by atoms with van der Waals surface area (Å²) in [6.45, 7) is 2.43. The molecule has 0 spiro atoms. The SMILES string of the molecule is N#Cc1ccc(Nc2ccc(OCC3CCOCC3)cc2)nc1. The number of nitriles is 1. The molecule has 1 saturated heterocycles. The van der Waals surface area contributed by atoms with Crippen molar-refractivity contribution in [3.63, 3.8) is 0 Å². The second-order valence-electron chi connectivity index (χ2n) is 5.56. The number of benzene rings is 1. The number of hydrogen-bond acceptors (Lipinski definition) is 5. The molecule has 0 saturated carbocycles. The molecule has 1 N–H and O–H groups in total. The lowest BCUT2D eigenvalue weighted by Gasteiger charge is -2.22. The molecule has 23 heavy (non-hydrogen) atoms. The zero-order valence-electron chi connectivity index (χ0n) is 12.9. The van der Waals surface area contributed by atoms with Gasteiger partial charge in [-0.05, 0) is 55.2 Å². The van der Waals surface area contributed by atoms with E-state index in [0.717, 1.165) is 44.1 Å². The van der Waals surface area contributed by atoms with Gasteiger partial charge in [0.1, 0.15) is 17.6 Å². The molecule has 5 nitrogen and oxygen atoms in total. The third-order valence-electron chi connectivity index (χ3n) is 3.85. The molecule has 0 aliphatic carbocycles. The van der Waals surface area contributed by atoms with Crippen LogP contribution in [0.2, 0.25) is 0 Å². The molecule has 0 amide bonds. The Hall–Kier alpha value is -2.58. The van der Waals surface area contributed by atoms with Crippen LogP contribution in [0.5, 0.6) is 5.75 Å². The average Bonchev–Trinajstić information content (AvgIpc) is 2.63. The minimum atomic E-state index is 0.549. The van der Waals surface area contributed by atoms with Gasteiger partial charge in [0.2, 0.25) is 0 Å². The van der Waals surface area contributed by atoms with Crippen molar-refractivity contribution in [2.24, 2.45) is 5.92 Å². The van der Waals surface area contributed by atoms with E-state index in [1.807, 2.05) is 24.3 Å². The quantitative estimate of drug-likeness (QED) is 0.915. The highest BCUT2D eigenvalue weighted by Crippen LogP contribution is 2.21. The molecule has 1 fully saturated rings. The van der Waals surface area contributed by atoms with Gasteiger partial charge < -0.3 is 14.8 Å². The van der Waals surface area contributed by atoms with Gasteiger partial charge in [0.05, 0.1) is 12.2 Å². The predicted octanol–water partition coefficient (Wildman–Crippen LogP) is 3.50. The molecule has 0 bridgehead atoms. The summed E-state index contributed by atoms with van der Waals surface area (Å²) < 4.78 is 11.2. The van der Waals surface area contributed by atoms with E-state index in [0.29, 0.717) is 17.3 Å². The second kappa shape index (κ2) is 7.61. The topological polar surface area (TPSA) is 67.2 Å². The van der Waals surface area contributed by atoms with Gasteiger partial charge in [0.25, 0.3) is 0 Å². The normalized spacial score (nSPS) is 14.9. The second-order valence-corrected chi connectivity index (χ2v) is 5.56. The maximum atomic E-state index is 8.76. The fourth-order valence-corrected chi connectivity index (χ4v) is 2.44. The maximum absolute atomic E-state index is 8.76. The van der Waals surface area contributed by atoms with Crippen molar-refractivity contribution in [3.8, 4) is 11.8 Å². The Morgan fingerprint density at radius 3 is 2.61 bits per heavy atom. The summed E-state index contributed by atoms with van der Waals surface area (Å²) in [5.74, 6) is 2.17. The lowest BCUT2D eigenvalue weighted by molar-refractivity contribution is 0.0497. The van der Waals surface area contributed by atoms with Gasteiger partial charge >= 0.3 is 0 Å². The van der Waals surface area contributed by atoms with Crippen molar-refractivity contribution >= 4 is 11.5 Å². The number of rotatable bonds is 5. The highest BCUT2D eigenvalue weighted by atomic mass is 16.5. The first-order chi connectivity index (χ1) is 11.3.